The Morgan fingerprint density at radius 1 is 1.44 bits per heavy atom. The summed E-state index contributed by atoms with van der Waals surface area (Å²) in [5.41, 5.74) is 5.80. The van der Waals surface area contributed by atoms with Crippen LogP contribution < -0.4 is 11.1 Å². The SMILES string of the molecule is CC#CC(=O)NCCOC1CCC(N)CC1. The first-order valence-electron chi connectivity index (χ1n) is 5.80. The maximum absolute atomic E-state index is 11.0. The molecule has 1 amide bonds. The molecule has 0 aromatic carbocycles. The lowest BCUT2D eigenvalue weighted by Crippen LogP contribution is -2.32. The predicted octanol–water partition coefficient (Wildman–Crippen LogP) is 0.412. The van der Waals surface area contributed by atoms with Crippen LogP contribution in [0.25, 0.3) is 0 Å². The van der Waals surface area contributed by atoms with Gasteiger partial charge in [-0.15, -0.1) is 0 Å². The first kappa shape index (κ1) is 13.0. The minimum atomic E-state index is -0.239. The zero-order valence-corrected chi connectivity index (χ0v) is 9.79. The molecule has 0 heterocycles. The van der Waals surface area contributed by atoms with Crippen LogP contribution in [0.15, 0.2) is 0 Å². The first-order valence-corrected chi connectivity index (χ1v) is 5.80. The summed E-state index contributed by atoms with van der Waals surface area (Å²) in [7, 11) is 0. The average molecular weight is 224 g/mol. The van der Waals surface area contributed by atoms with Gasteiger partial charge in [-0.3, -0.25) is 4.79 Å². The summed E-state index contributed by atoms with van der Waals surface area (Å²) in [6, 6.07) is 0.347. The number of hydrogen-bond acceptors (Lipinski definition) is 3. The molecule has 0 atom stereocenters. The van der Waals surface area contributed by atoms with Gasteiger partial charge in [-0.25, -0.2) is 0 Å². The highest BCUT2D eigenvalue weighted by Gasteiger charge is 2.18. The molecule has 0 aromatic heterocycles. The molecule has 4 nitrogen and oxygen atoms in total. The summed E-state index contributed by atoms with van der Waals surface area (Å²) < 4.78 is 5.64. The van der Waals surface area contributed by atoms with Crippen LogP contribution in [0.5, 0.6) is 0 Å². The Hall–Kier alpha value is -1.05. The van der Waals surface area contributed by atoms with Crippen LogP contribution in [0.1, 0.15) is 32.6 Å². The molecule has 0 bridgehead atoms. The van der Waals surface area contributed by atoms with E-state index in [1.165, 1.54) is 0 Å². The highest BCUT2D eigenvalue weighted by Crippen LogP contribution is 2.19. The van der Waals surface area contributed by atoms with Crippen LogP contribution in [0.3, 0.4) is 0 Å². The zero-order chi connectivity index (χ0) is 11.8. The van der Waals surface area contributed by atoms with E-state index in [4.69, 9.17) is 10.5 Å². The van der Waals surface area contributed by atoms with Crippen LogP contribution in [-0.4, -0.2) is 31.2 Å². The van der Waals surface area contributed by atoms with E-state index in [0.717, 1.165) is 25.7 Å². The molecule has 1 aliphatic rings. The summed E-state index contributed by atoms with van der Waals surface area (Å²) >= 11 is 0. The van der Waals surface area contributed by atoms with Crippen molar-refractivity contribution in [3.63, 3.8) is 0 Å². The van der Waals surface area contributed by atoms with Gasteiger partial charge in [0.15, 0.2) is 0 Å². The van der Waals surface area contributed by atoms with E-state index in [1.54, 1.807) is 6.92 Å². The number of hydrogen-bond donors (Lipinski definition) is 2. The van der Waals surface area contributed by atoms with Crippen molar-refractivity contribution in [3.8, 4) is 11.8 Å². The number of nitrogens with two attached hydrogens (primary N) is 1. The molecule has 0 unspecified atom stereocenters. The van der Waals surface area contributed by atoms with Crippen molar-refractivity contribution >= 4 is 5.91 Å². The fraction of sp³-hybridized carbons (Fsp3) is 0.750. The molecule has 1 rings (SSSR count). The Kier molecular flexibility index (Phi) is 5.91. The molecule has 1 saturated carbocycles. The van der Waals surface area contributed by atoms with Crippen LogP contribution in [-0.2, 0) is 9.53 Å². The Morgan fingerprint density at radius 2 is 2.12 bits per heavy atom. The average Bonchev–Trinajstić information content (AvgIpc) is 2.27. The largest absolute Gasteiger partial charge is 0.376 e. The van der Waals surface area contributed by atoms with Crippen molar-refractivity contribution in [2.24, 2.45) is 5.73 Å². The van der Waals surface area contributed by atoms with Gasteiger partial charge in [-0.1, -0.05) is 5.92 Å². The van der Waals surface area contributed by atoms with Gasteiger partial charge in [-0.05, 0) is 38.5 Å². The number of ether oxygens (including phenoxy) is 1. The lowest BCUT2D eigenvalue weighted by Gasteiger charge is -2.26. The Labute approximate surface area is 96.9 Å². The van der Waals surface area contributed by atoms with Gasteiger partial charge >= 0.3 is 0 Å². The molecule has 0 radical (unpaired) electrons. The third-order valence-electron chi connectivity index (χ3n) is 2.70. The number of carbonyl (C=O) groups excluding carboxylic acids is 1. The highest BCUT2D eigenvalue weighted by atomic mass is 16.5. The van der Waals surface area contributed by atoms with Crippen LogP contribution in [0.4, 0.5) is 0 Å². The van der Waals surface area contributed by atoms with E-state index in [1.807, 2.05) is 0 Å². The van der Waals surface area contributed by atoms with E-state index in [2.05, 4.69) is 17.2 Å². The maximum atomic E-state index is 11.0. The molecule has 3 N–H and O–H groups in total. The molecule has 0 aliphatic heterocycles. The van der Waals surface area contributed by atoms with E-state index in [-0.39, 0.29) is 5.91 Å². The highest BCUT2D eigenvalue weighted by molar-refractivity contribution is 5.93. The van der Waals surface area contributed by atoms with Gasteiger partial charge in [-0.2, -0.15) is 0 Å². The molecule has 1 aliphatic carbocycles. The molecule has 0 aromatic rings. The summed E-state index contributed by atoms with van der Waals surface area (Å²) in [6.07, 6.45) is 4.46. The molecule has 90 valence electrons. The normalized spacial score (nSPS) is 24.4. The summed E-state index contributed by atoms with van der Waals surface area (Å²) in [5.74, 6) is 4.72. The fourth-order valence-corrected chi connectivity index (χ4v) is 1.80. The standard InChI is InChI=1S/C12H20N2O2/c1-2-3-12(15)14-8-9-16-11-6-4-10(13)5-7-11/h10-11H,4-9,13H2,1H3,(H,14,15). The van der Waals surface area contributed by atoms with E-state index in [9.17, 15) is 4.79 Å². The monoisotopic (exact) mass is 224 g/mol. The van der Waals surface area contributed by atoms with Crippen molar-refractivity contribution in [2.75, 3.05) is 13.2 Å². The predicted molar refractivity (Wildman–Crippen MR) is 62.6 cm³/mol. The van der Waals surface area contributed by atoms with Crippen LogP contribution in [0, 0.1) is 11.8 Å². The third kappa shape index (κ3) is 5.15. The molecule has 16 heavy (non-hydrogen) atoms. The van der Waals surface area contributed by atoms with Gasteiger partial charge in [0.05, 0.1) is 12.7 Å². The minimum Gasteiger partial charge on any atom is -0.376 e. The first-order chi connectivity index (χ1) is 7.72. The van der Waals surface area contributed by atoms with E-state index >= 15 is 0 Å². The second-order valence-electron chi connectivity index (χ2n) is 4.04. The second kappa shape index (κ2) is 7.26. The maximum Gasteiger partial charge on any atom is 0.295 e. The van der Waals surface area contributed by atoms with Crippen LogP contribution in [0.2, 0.25) is 0 Å². The number of carbonyl (C=O) groups is 1. The lowest BCUT2D eigenvalue weighted by molar-refractivity contribution is -0.116. The van der Waals surface area contributed by atoms with Gasteiger partial charge in [0.1, 0.15) is 0 Å². The topological polar surface area (TPSA) is 64.3 Å². The third-order valence-corrected chi connectivity index (χ3v) is 2.70. The smallest absolute Gasteiger partial charge is 0.295 e. The van der Waals surface area contributed by atoms with Crippen molar-refractivity contribution < 1.29 is 9.53 Å². The summed E-state index contributed by atoms with van der Waals surface area (Å²) in [6.45, 7) is 2.72. The van der Waals surface area contributed by atoms with Crippen molar-refractivity contribution in [1.82, 2.24) is 5.32 Å². The zero-order valence-electron chi connectivity index (χ0n) is 9.79. The number of rotatable bonds is 4. The number of nitrogens with one attached hydrogen (secondary N) is 1. The number of amides is 1. The van der Waals surface area contributed by atoms with Crippen molar-refractivity contribution in [2.45, 2.75) is 44.8 Å². The van der Waals surface area contributed by atoms with Crippen LogP contribution >= 0.6 is 0 Å². The Bertz CT molecular complexity index is 272. The van der Waals surface area contributed by atoms with E-state index < -0.39 is 0 Å². The minimum absolute atomic E-state index is 0.239. The Balaban J connectivity index is 2.02. The lowest BCUT2D eigenvalue weighted by atomic mass is 9.94. The second-order valence-corrected chi connectivity index (χ2v) is 4.04. The Morgan fingerprint density at radius 3 is 2.75 bits per heavy atom. The fourth-order valence-electron chi connectivity index (χ4n) is 1.80. The molecule has 0 spiro atoms. The molecule has 1 fully saturated rings. The van der Waals surface area contributed by atoms with Gasteiger partial charge in [0, 0.05) is 12.6 Å². The molecular weight excluding hydrogens is 204 g/mol. The van der Waals surface area contributed by atoms with Gasteiger partial charge < -0.3 is 15.8 Å². The van der Waals surface area contributed by atoms with E-state index in [0.29, 0.717) is 25.3 Å². The van der Waals surface area contributed by atoms with Crippen molar-refractivity contribution in [1.29, 1.82) is 0 Å². The molecule has 4 heteroatoms. The molecular formula is C12H20N2O2. The van der Waals surface area contributed by atoms with Crippen molar-refractivity contribution in [3.05, 3.63) is 0 Å². The quantitative estimate of drug-likeness (QED) is 0.537. The van der Waals surface area contributed by atoms with Gasteiger partial charge in [0.2, 0.25) is 0 Å². The summed E-state index contributed by atoms with van der Waals surface area (Å²) in [4.78, 5) is 11.0. The summed E-state index contributed by atoms with van der Waals surface area (Å²) in [5, 5.41) is 2.67. The van der Waals surface area contributed by atoms with Gasteiger partial charge in [0.25, 0.3) is 5.91 Å². The molecule has 0 saturated heterocycles.